The molecule has 2 fully saturated rings. The third-order valence-corrected chi connectivity index (χ3v) is 11.5. The number of amides is 1. The van der Waals surface area contributed by atoms with Crippen LogP contribution >= 0.6 is 0 Å². The van der Waals surface area contributed by atoms with E-state index in [1.807, 2.05) is 6.92 Å². The third-order valence-electron chi connectivity index (χ3n) is 11.5. The predicted octanol–water partition coefficient (Wildman–Crippen LogP) is 3.88. The Morgan fingerprint density at radius 2 is 1.91 bits per heavy atom. The van der Waals surface area contributed by atoms with Gasteiger partial charge >= 0.3 is 13.0 Å². The molecule has 0 radical (unpaired) electrons. The van der Waals surface area contributed by atoms with Crippen LogP contribution in [0.4, 0.5) is 0 Å². The summed E-state index contributed by atoms with van der Waals surface area (Å²) in [6, 6.07) is 4.97. The standard InChI is InChI=1S/C33H47BN2O7/c1-9-31(7)17-28(32(8)20(2)12-14-33(23(32)5,15-13-21(3)37)22(4)30(31)40)43-29(39)19-42-26-11-10-25-18-35-36(24(6)38)34(41)27(25)16-26/h9-11,16,18,20,22-23,28,30,40-41H,1,12-15,17,19H2,2-8H3/t20-,22+,23+,28-,30+,31-,32-,33+/m1/s1. The number of benzene rings is 1. The highest BCUT2D eigenvalue weighted by molar-refractivity contribution is 6.67. The molecule has 0 saturated heterocycles. The fourth-order valence-electron chi connectivity index (χ4n) is 8.14. The molecule has 2 bridgehead atoms. The molecule has 3 aliphatic rings. The predicted molar refractivity (Wildman–Crippen MR) is 166 cm³/mol. The molecule has 2 N–H and O–H groups in total. The summed E-state index contributed by atoms with van der Waals surface area (Å²) in [4.78, 5) is 38.4. The molecular formula is C33H47BN2O7. The van der Waals surface area contributed by atoms with E-state index in [1.54, 1.807) is 31.2 Å². The molecule has 8 atom stereocenters. The van der Waals surface area contributed by atoms with Crippen molar-refractivity contribution < 1.29 is 34.0 Å². The first-order valence-electron chi connectivity index (χ1n) is 15.4. The highest BCUT2D eigenvalue weighted by Crippen LogP contribution is 2.65. The van der Waals surface area contributed by atoms with Crippen LogP contribution < -0.4 is 10.2 Å². The molecule has 0 spiro atoms. The fourth-order valence-corrected chi connectivity index (χ4v) is 8.14. The minimum Gasteiger partial charge on any atom is -0.482 e. The monoisotopic (exact) mass is 594 g/mol. The van der Waals surface area contributed by atoms with Crippen LogP contribution in [0.25, 0.3) is 0 Å². The molecule has 0 aromatic heterocycles. The van der Waals surface area contributed by atoms with Crippen LogP contribution in [0.1, 0.15) is 86.1 Å². The molecule has 0 unspecified atom stereocenters. The number of aliphatic hydroxyl groups excluding tert-OH is 1. The topological polar surface area (TPSA) is 126 Å². The van der Waals surface area contributed by atoms with E-state index in [0.717, 1.165) is 17.8 Å². The van der Waals surface area contributed by atoms with Gasteiger partial charge in [-0.3, -0.25) is 4.79 Å². The lowest BCUT2D eigenvalue weighted by atomic mass is 9.42. The van der Waals surface area contributed by atoms with E-state index in [9.17, 15) is 24.5 Å². The number of Topliss-reactive ketones (excluding diaryl/α,β-unsaturated/α-hetero) is 1. The van der Waals surface area contributed by atoms with Crippen LogP contribution in [0.2, 0.25) is 0 Å². The highest BCUT2D eigenvalue weighted by Gasteiger charge is 2.62. The number of carbonyl (C=O) groups is 3. The van der Waals surface area contributed by atoms with E-state index in [1.165, 1.54) is 13.1 Å². The zero-order valence-corrected chi connectivity index (χ0v) is 26.6. The summed E-state index contributed by atoms with van der Waals surface area (Å²) in [5.74, 6) is -0.247. The normalized spacial score (nSPS) is 35.3. The smallest absolute Gasteiger partial charge is 0.474 e. The van der Waals surface area contributed by atoms with Crippen LogP contribution in [0.5, 0.6) is 5.75 Å². The number of carbonyl (C=O) groups excluding carboxylic acids is 3. The molecule has 1 amide bonds. The van der Waals surface area contributed by atoms with Crippen LogP contribution in [0, 0.1) is 34.0 Å². The van der Waals surface area contributed by atoms with E-state index in [4.69, 9.17) is 9.47 Å². The Labute approximate surface area is 255 Å². The minimum absolute atomic E-state index is 0.0638. The van der Waals surface area contributed by atoms with Crippen molar-refractivity contribution >= 4 is 36.4 Å². The van der Waals surface area contributed by atoms with Crippen molar-refractivity contribution in [2.75, 3.05) is 6.61 Å². The van der Waals surface area contributed by atoms with Crippen molar-refractivity contribution in [1.82, 2.24) is 4.92 Å². The maximum Gasteiger partial charge on any atom is 0.474 e. The quantitative estimate of drug-likeness (QED) is 0.266. The van der Waals surface area contributed by atoms with Gasteiger partial charge in [0.05, 0.1) is 12.3 Å². The Hall–Kier alpha value is -2.98. The van der Waals surface area contributed by atoms with Gasteiger partial charge in [0.25, 0.3) is 0 Å². The highest BCUT2D eigenvalue weighted by atomic mass is 16.6. The van der Waals surface area contributed by atoms with E-state index >= 15 is 0 Å². The minimum atomic E-state index is -1.26. The molecule has 1 aromatic carbocycles. The lowest BCUT2D eigenvalue weighted by molar-refractivity contribution is -0.213. The summed E-state index contributed by atoms with van der Waals surface area (Å²) in [5, 5.41) is 26.4. The zero-order valence-electron chi connectivity index (χ0n) is 26.6. The molecule has 1 aliphatic heterocycles. The second-order valence-corrected chi connectivity index (χ2v) is 13.6. The van der Waals surface area contributed by atoms with Crippen LogP contribution in [-0.4, -0.2) is 64.8 Å². The Balaban J connectivity index is 1.60. The number of ether oxygens (including phenoxy) is 2. The molecule has 9 nitrogen and oxygen atoms in total. The molecular weight excluding hydrogens is 547 g/mol. The van der Waals surface area contributed by atoms with E-state index in [2.05, 4.69) is 39.4 Å². The molecule has 4 rings (SSSR count). The van der Waals surface area contributed by atoms with Gasteiger partial charge in [-0.15, -0.1) is 6.58 Å². The number of aliphatic hydroxyl groups is 1. The summed E-state index contributed by atoms with van der Waals surface area (Å²) >= 11 is 0. The maximum atomic E-state index is 13.4. The first-order valence-corrected chi connectivity index (χ1v) is 15.4. The Morgan fingerprint density at radius 3 is 2.53 bits per heavy atom. The lowest BCUT2D eigenvalue weighted by Crippen LogP contribution is -2.62. The Morgan fingerprint density at radius 1 is 1.21 bits per heavy atom. The van der Waals surface area contributed by atoms with Crippen molar-refractivity contribution in [1.29, 1.82) is 0 Å². The van der Waals surface area contributed by atoms with Gasteiger partial charge < -0.3 is 24.4 Å². The lowest BCUT2D eigenvalue weighted by Gasteiger charge is -2.64. The van der Waals surface area contributed by atoms with Crippen molar-refractivity contribution in [2.45, 2.75) is 92.8 Å². The van der Waals surface area contributed by atoms with Gasteiger partial charge in [0, 0.05) is 24.2 Å². The Bertz CT molecular complexity index is 1300. The third kappa shape index (κ3) is 5.80. The largest absolute Gasteiger partial charge is 0.482 e. The second kappa shape index (κ2) is 12.2. The number of esters is 1. The molecule has 43 heavy (non-hydrogen) atoms. The zero-order chi connectivity index (χ0) is 31.9. The van der Waals surface area contributed by atoms with E-state index in [0.29, 0.717) is 36.0 Å². The van der Waals surface area contributed by atoms with Gasteiger partial charge in [-0.2, -0.15) is 5.10 Å². The number of hydrogen-bond acceptors (Lipinski definition) is 8. The summed E-state index contributed by atoms with van der Waals surface area (Å²) in [6.07, 6.45) is 5.36. The van der Waals surface area contributed by atoms with E-state index < -0.39 is 42.0 Å². The number of hydrogen-bond donors (Lipinski definition) is 2. The SMILES string of the molecule is C=C[C@]1(C)C[C@@H](OC(=O)COc2ccc3c(c2)B(O)N(C(C)=O)N=C3)[C@]2(C)[C@H](C)CC[C@@](CCC(C)=O)([C@H]2C)[C@@H](C)[C@@H]1O. The summed E-state index contributed by atoms with van der Waals surface area (Å²) < 4.78 is 12.1. The first kappa shape index (κ1) is 32.9. The summed E-state index contributed by atoms with van der Waals surface area (Å²) in [7, 11) is -1.26. The number of hydrazone groups is 1. The van der Waals surface area contributed by atoms with Crippen LogP contribution in [-0.2, 0) is 19.1 Å². The maximum absolute atomic E-state index is 13.4. The number of rotatable bonds is 8. The molecule has 234 valence electrons. The van der Waals surface area contributed by atoms with Crippen molar-refractivity contribution in [3.63, 3.8) is 0 Å². The van der Waals surface area contributed by atoms with Crippen LogP contribution in [0.3, 0.4) is 0 Å². The van der Waals surface area contributed by atoms with Crippen molar-refractivity contribution in [3.8, 4) is 5.75 Å². The second-order valence-electron chi connectivity index (χ2n) is 13.6. The number of fused-ring (bicyclic) bond motifs is 3. The van der Waals surface area contributed by atoms with Gasteiger partial charge in [-0.05, 0) is 78.9 Å². The Kier molecular flexibility index (Phi) is 9.34. The van der Waals surface area contributed by atoms with Gasteiger partial charge in [0.1, 0.15) is 17.6 Å². The van der Waals surface area contributed by atoms with Gasteiger partial charge in [-0.1, -0.05) is 46.8 Å². The van der Waals surface area contributed by atoms with Crippen LogP contribution in [0.15, 0.2) is 36.0 Å². The summed E-state index contributed by atoms with van der Waals surface area (Å²) in [6.45, 7) is 17.4. The molecule has 1 heterocycles. The van der Waals surface area contributed by atoms with E-state index in [-0.39, 0.29) is 35.6 Å². The molecule has 2 saturated carbocycles. The van der Waals surface area contributed by atoms with Gasteiger partial charge in [0.2, 0.25) is 5.91 Å². The molecule has 10 heteroatoms. The van der Waals surface area contributed by atoms with Gasteiger partial charge in [-0.25, -0.2) is 9.71 Å². The van der Waals surface area contributed by atoms with Crippen molar-refractivity contribution in [3.05, 3.63) is 36.4 Å². The fraction of sp³-hybridized carbons (Fsp3) is 0.636. The molecule has 2 aliphatic carbocycles. The van der Waals surface area contributed by atoms with Gasteiger partial charge in [0.15, 0.2) is 6.61 Å². The summed E-state index contributed by atoms with van der Waals surface area (Å²) in [5.41, 5.74) is -0.356. The average Bonchev–Trinajstić information content (AvgIpc) is 2.97. The van der Waals surface area contributed by atoms with Crippen molar-refractivity contribution in [2.24, 2.45) is 39.1 Å². The number of nitrogens with zero attached hydrogens (tertiary/aromatic N) is 2. The first-order chi connectivity index (χ1) is 20.1. The average molecular weight is 595 g/mol. The molecule has 1 aromatic rings. The number of ketones is 1.